The van der Waals surface area contributed by atoms with E-state index in [1.54, 1.807) is 7.05 Å². The van der Waals surface area contributed by atoms with Crippen molar-refractivity contribution in [2.24, 2.45) is 4.99 Å². The molecule has 0 atom stereocenters. The molecule has 0 radical (unpaired) electrons. The van der Waals surface area contributed by atoms with E-state index in [1.165, 1.54) is 22.3 Å². The van der Waals surface area contributed by atoms with Crippen LogP contribution in [0.3, 0.4) is 0 Å². The maximum absolute atomic E-state index is 12.0. The van der Waals surface area contributed by atoms with Gasteiger partial charge in [0.1, 0.15) is 0 Å². The van der Waals surface area contributed by atoms with Gasteiger partial charge in [0.2, 0.25) is 5.91 Å². The van der Waals surface area contributed by atoms with E-state index in [4.69, 9.17) is 0 Å². The van der Waals surface area contributed by atoms with Crippen molar-refractivity contribution in [3.63, 3.8) is 0 Å². The van der Waals surface area contributed by atoms with E-state index >= 15 is 0 Å². The molecule has 0 saturated carbocycles. The van der Waals surface area contributed by atoms with E-state index in [2.05, 4.69) is 72.8 Å². The van der Waals surface area contributed by atoms with Gasteiger partial charge in [0, 0.05) is 39.6 Å². The number of amides is 1. The van der Waals surface area contributed by atoms with Crippen LogP contribution >= 0.6 is 24.0 Å². The SMILES string of the molecule is CN=C(NCCc1ccc(C(C)(C)C)cc1)NCc1ccccc1CN1CCCC1=O.I. The standard InChI is InChI=1S/C26H36N4O.HI/c1-26(2,3)23-13-11-20(12-14-23)15-16-28-25(27-4)29-18-21-8-5-6-9-22(21)19-30-17-7-10-24(30)31;/h5-6,8-9,11-14H,7,10,15-19H2,1-4H3,(H2,27,28,29);1H. The topological polar surface area (TPSA) is 56.7 Å². The maximum atomic E-state index is 12.0. The molecule has 0 aliphatic carbocycles. The average molecular weight is 549 g/mol. The van der Waals surface area contributed by atoms with E-state index < -0.39 is 0 Å². The van der Waals surface area contributed by atoms with Gasteiger partial charge in [-0.05, 0) is 40.5 Å². The first-order chi connectivity index (χ1) is 14.9. The molecule has 5 nitrogen and oxygen atoms in total. The molecule has 3 rings (SSSR count). The molecule has 0 aromatic heterocycles. The number of rotatable bonds is 7. The highest BCUT2D eigenvalue weighted by Gasteiger charge is 2.20. The third kappa shape index (κ3) is 7.50. The van der Waals surface area contributed by atoms with Gasteiger partial charge in [0.05, 0.1) is 0 Å². The summed E-state index contributed by atoms with van der Waals surface area (Å²) < 4.78 is 0. The third-order valence-corrected chi connectivity index (χ3v) is 5.85. The fourth-order valence-electron chi connectivity index (χ4n) is 3.86. The summed E-state index contributed by atoms with van der Waals surface area (Å²) in [5, 5.41) is 6.82. The first-order valence-electron chi connectivity index (χ1n) is 11.3. The van der Waals surface area contributed by atoms with Crippen LogP contribution in [0.2, 0.25) is 0 Å². The number of nitrogens with zero attached hydrogens (tertiary/aromatic N) is 2. The molecule has 1 aliphatic rings. The lowest BCUT2D eigenvalue weighted by molar-refractivity contribution is -0.128. The van der Waals surface area contributed by atoms with Crippen molar-refractivity contribution in [2.75, 3.05) is 20.1 Å². The molecular weight excluding hydrogens is 511 g/mol. The molecule has 2 aromatic rings. The molecule has 32 heavy (non-hydrogen) atoms. The van der Waals surface area contributed by atoms with Gasteiger partial charge in [0.25, 0.3) is 0 Å². The van der Waals surface area contributed by atoms with Gasteiger partial charge in [-0.1, -0.05) is 69.3 Å². The van der Waals surface area contributed by atoms with Crippen LogP contribution < -0.4 is 10.6 Å². The Morgan fingerprint density at radius 1 is 1.03 bits per heavy atom. The van der Waals surface area contributed by atoms with Crippen molar-refractivity contribution in [1.29, 1.82) is 0 Å². The molecule has 174 valence electrons. The van der Waals surface area contributed by atoms with Gasteiger partial charge in [-0.15, -0.1) is 24.0 Å². The van der Waals surface area contributed by atoms with Crippen LogP contribution in [0.4, 0.5) is 0 Å². The average Bonchev–Trinajstić information content (AvgIpc) is 3.15. The first kappa shape index (κ1) is 26.2. The van der Waals surface area contributed by atoms with Crippen LogP contribution in [0, 0.1) is 0 Å². The lowest BCUT2D eigenvalue weighted by Crippen LogP contribution is -2.38. The lowest BCUT2D eigenvalue weighted by Gasteiger charge is -2.19. The number of carbonyl (C=O) groups excluding carboxylic acids is 1. The number of benzene rings is 2. The number of halogens is 1. The highest BCUT2D eigenvalue weighted by atomic mass is 127. The summed E-state index contributed by atoms with van der Waals surface area (Å²) in [6.45, 7) is 9.76. The highest BCUT2D eigenvalue weighted by Crippen LogP contribution is 2.22. The normalized spacial score (nSPS) is 14.3. The predicted molar refractivity (Wildman–Crippen MR) is 144 cm³/mol. The third-order valence-electron chi connectivity index (χ3n) is 5.85. The molecule has 1 aliphatic heterocycles. The highest BCUT2D eigenvalue weighted by molar-refractivity contribution is 14.0. The van der Waals surface area contributed by atoms with Crippen LogP contribution in [-0.2, 0) is 29.7 Å². The molecule has 0 unspecified atom stereocenters. The molecule has 6 heteroatoms. The smallest absolute Gasteiger partial charge is 0.222 e. The number of nitrogens with one attached hydrogen (secondary N) is 2. The summed E-state index contributed by atoms with van der Waals surface area (Å²) in [5.41, 5.74) is 5.25. The Labute approximate surface area is 210 Å². The number of hydrogen-bond donors (Lipinski definition) is 2. The van der Waals surface area contributed by atoms with Crippen molar-refractivity contribution in [3.8, 4) is 0 Å². The van der Waals surface area contributed by atoms with E-state index in [9.17, 15) is 4.79 Å². The Hall–Kier alpha value is -2.09. The van der Waals surface area contributed by atoms with Gasteiger partial charge in [-0.2, -0.15) is 0 Å². The number of carbonyl (C=O) groups is 1. The van der Waals surface area contributed by atoms with Crippen LogP contribution in [0.1, 0.15) is 55.9 Å². The number of hydrogen-bond acceptors (Lipinski definition) is 2. The maximum Gasteiger partial charge on any atom is 0.222 e. The van der Waals surface area contributed by atoms with Crippen LogP contribution in [0.25, 0.3) is 0 Å². The fraction of sp³-hybridized carbons (Fsp3) is 0.462. The Balaban J connectivity index is 0.00000363. The van der Waals surface area contributed by atoms with Gasteiger partial charge in [0.15, 0.2) is 5.96 Å². The summed E-state index contributed by atoms with van der Waals surface area (Å²) in [7, 11) is 1.79. The molecule has 2 N–H and O–H groups in total. The zero-order valence-electron chi connectivity index (χ0n) is 19.8. The van der Waals surface area contributed by atoms with Gasteiger partial charge in [-0.3, -0.25) is 9.79 Å². The summed E-state index contributed by atoms with van der Waals surface area (Å²) >= 11 is 0. The summed E-state index contributed by atoms with van der Waals surface area (Å²) in [4.78, 5) is 18.3. The molecule has 1 amide bonds. The zero-order valence-corrected chi connectivity index (χ0v) is 22.1. The minimum atomic E-state index is 0. The number of guanidine groups is 1. The molecule has 1 saturated heterocycles. The number of likely N-dealkylation sites (tertiary alicyclic amines) is 1. The summed E-state index contributed by atoms with van der Waals surface area (Å²) in [5.74, 6) is 1.05. The van der Waals surface area contributed by atoms with Crippen LogP contribution in [-0.4, -0.2) is 36.9 Å². The zero-order chi connectivity index (χ0) is 22.3. The van der Waals surface area contributed by atoms with Gasteiger partial charge in [-0.25, -0.2) is 0 Å². The Kier molecular flexibility index (Phi) is 10.0. The minimum Gasteiger partial charge on any atom is -0.356 e. The van der Waals surface area contributed by atoms with Crippen LogP contribution in [0.15, 0.2) is 53.5 Å². The first-order valence-corrected chi connectivity index (χ1v) is 11.3. The second-order valence-corrected chi connectivity index (χ2v) is 9.24. The van der Waals surface area contributed by atoms with Crippen molar-refractivity contribution in [3.05, 3.63) is 70.8 Å². The van der Waals surface area contributed by atoms with Gasteiger partial charge >= 0.3 is 0 Å². The van der Waals surface area contributed by atoms with E-state index in [1.807, 2.05) is 17.0 Å². The minimum absolute atomic E-state index is 0. The van der Waals surface area contributed by atoms with Crippen molar-refractivity contribution < 1.29 is 4.79 Å². The Morgan fingerprint density at radius 2 is 1.72 bits per heavy atom. The second kappa shape index (κ2) is 12.2. The molecule has 1 fully saturated rings. The quantitative estimate of drug-likeness (QED) is 0.302. The van der Waals surface area contributed by atoms with E-state index in [0.717, 1.165) is 31.9 Å². The van der Waals surface area contributed by atoms with Crippen LogP contribution in [0.5, 0.6) is 0 Å². The Morgan fingerprint density at radius 3 is 2.31 bits per heavy atom. The molecule has 2 aromatic carbocycles. The molecular formula is C26H37IN4O. The number of aliphatic imine (C=N–C) groups is 1. The second-order valence-electron chi connectivity index (χ2n) is 9.24. The summed E-state index contributed by atoms with van der Waals surface area (Å²) in [6.07, 6.45) is 2.59. The monoisotopic (exact) mass is 548 g/mol. The fourth-order valence-corrected chi connectivity index (χ4v) is 3.86. The predicted octanol–water partition coefficient (Wildman–Crippen LogP) is 4.63. The Bertz CT molecular complexity index is 903. The summed E-state index contributed by atoms with van der Waals surface area (Å²) in [6, 6.07) is 17.2. The van der Waals surface area contributed by atoms with Gasteiger partial charge < -0.3 is 15.5 Å². The van der Waals surface area contributed by atoms with Crippen molar-refractivity contribution in [1.82, 2.24) is 15.5 Å². The molecule has 0 bridgehead atoms. The molecule has 1 heterocycles. The molecule has 0 spiro atoms. The van der Waals surface area contributed by atoms with E-state index in [0.29, 0.717) is 19.5 Å². The van der Waals surface area contributed by atoms with Crippen molar-refractivity contribution in [2.45, 2.75) is 58.5 Å². The van der Waals surface area contributed by atoms with E-state index in [-0.39, 0.29) is 35.3 Å². The largest absolute Gasteiger partial charge is 0.356 e. The lowest BCUT2D eigenvalue weighted by atomic mass is 9.86. The van der Waals surface area contributed by atoms with Crippen molar-refractivity contribution >= 4 is 35.8 Å².